The topological polar surface area (TPSA) is 78.5 Å². The zero-order valence-corrected chi connectivity index (χ0v) is 17.9. The van der Waals surface area contributed by atoms with Crippen LogP contribution in [0.25, 0.3) is 0 Å². The molecule has 2 N–H and O–H groups in total. The third-order valence-electron chi connectivity index (χ3n) is 7.11. The fraction of sp³-hybridized carbons (Fsp3) is 0.857. The molecule has 2 atom stereocenters. The Morgan fingerprint density at radius 1 is 1.10 bits per heavy atom. The minimum atomic E-state index is -4.27. The Morgan fingerprint density at radius 2 is 1.73 bits per heavy atom. The first kappa shape index (κ1) is 22.9. The van der Waals surface area contributed by atoms with Crippen LogP contribution in [0.2, 0.25) is 0 Å². The predicted molar refractivity (Wildman–Crippen MR) is 104 cm³/mol. The molecule has 6 nitrogen and oxygen atoms in total. The Balaban J connectivity index is 1.56. The number of hydrogen-bond acceptors (Lipinski definition) is 3. The number of halogens is 3. The summed E-state index contributed by atoms with van der Waals surface area (Å²) in [6, 6.07) is -1.18. The summed E-state index contributed by atoms with van der Waals surface area (Å²) in [5.74, 6) is -1.95. The van der Waals surface area contributed by atoms with Gasteiger partial charge in [0.1, 0.15) is 12.1 Å². The number of carbonyl (C=O) groups is 3. The highest BCUT2D eigenvalue weighted by atomic mass is 19.4. The van der Waals surface area contributed by atoms with Gasteiger partial charge in [0.15, 0.2) is 0 Å². The van der Waals surface area contributed by atoms with E-state index in [0.29, 0.717) is 31.6 Å². The molecule has 3 rings (SSSR count). The zero-order chi connectivity index (χ0) is 22.3. The van der Waals surface area contributed by atoms with Gasteiger partial charge in [0, 0.05) is 6.04 Å². The number of carbonyl (C=O) groups excluding carboxylic acids is 3. The zero-order valence-electron chi connectivity index (χ0n) is 17.9. The molecule has 30 heavy (non-hydrogen) atoms. The van der Waals surface area contributed by atoms with Crippen LogP contribution >= 0.6 is 0 Å². The molecule has 2 unspecified atom stereocenters. The average Bonchev–Trinajstić information content (AvgIpc) is 2.85. The lowest BCUT2D eigenvalue weighted by Gasteiger charge is -2.40. The second kappa shape index (κ2) is 8.04. The molecule has 1 aliphatic heterocycles. The van der Waals surface area contributed by atoms with Crippen LogP contribution in [0.3, 0.4) is 0 Å². The molecule has 3 fully saturated rings. The molecule has 0 aromatic rings. The monoisotopic (exact) mass is 431 g/mol. The second-order valence-corrected chi connectivity index (χ2v) is 10.2. The van der Waals surface area contributed by atoms with Crippen LogP contribution in [0, 0.1) is 17.3 Å². The van der Waals surface area contributed by atoms with Gasteiger partial charge in [-0.2, -0.15) is 13.2 Å². The molecule has 2 saturated carbocycles. The highest BCUT2D eigenvalue weighted by molar-refractivity contribution is 6.09. The summed E-state index contributed by atoms with van der Waals surface area (Å²) in [4.78, 5) is 38.7. The Bertz CT molecular complexity index is 694. The summed E-state index contributed by atoms with van der Waals surface area (Å²) < 4.78 is 38.9. The predicted octanol–water partition coefficient (Wildman–Crippen LogP) is 3.75. The Labute approximate surface area is 175 Å². The van der Waals surface area contributed by atoms with E-state index in [-0.39, 0.29) is 18.3 Å². The van der Waals surface area contributed by atoms with E-state index in [2.05, 4.69) is 31.4 Å². The van der Waals surface area contributed by atoms with Crippen molar-refractivity contribution in [3.63, 3.8) is 0 Å². The lowest BCUT2D eigenvalue weighted by Crippen LogP contribution is -2.51. The lowest BCUT2D eigenvalue weighted by atomic mass is 9.67. The van der Waals surface area contributed by atoms with Crippen LogP contribution < -0.4 is 10.6 Å². The van der Waals surface area contributed by atoms with Crippen molar-refractivity contribution in [1.29, 1.82) is 0 Å². The first-order chi connectivity index (χ1) is 13.8. The molecule has 0 aromatic carbocycles. The molecule has 1 saturated heterocycles. The summed E-state index contributed by atoms with van der Waals surface area (Å²) in [7, 11) is 0. The average molecular weight is 431 g/mol. The molecule has 170 valence electrons. The molecular formula is C21H32F3N3O3. The molecule has 0 radical (unpaired) electrons. The van der Waals surface area contributed by atoms with Gasteiger partial charge in [-0.3, -0.25) is 14.5 Å². The summed E-state index contributed by atoms with van der Waals surface area (Å²) in [6.45, 7) is 6.03. The Morgan fingerprint density at radius 3 is 2.30 bits per heavy atom. The highest BCUT2D eigenvalue weighted by Gasteiger charge is 2.53. The van der Waals surface area contributed by atoms with E-state index in [9.17, 15) is 27.6 Å². The van der Waals surface area contributed by atoms with E-state index >= 15 is 0 Å². The van der Waals surface area contributed by atoms with E-state index in [0.717, 1.165) is 17.7 Å². The number of alkyl halides is 3. The third-order valence-corrected chi connectivity index (χ3v) is 7.11. The first-order valence-electron chi connectivity index (χ1n) is 10.8. The van der Waals surface area contributed by atoms with Gasteiger partial charge >= 0.3 is 12.2 Å². The van der Waals surface area contributed by atoms with Crippen molar-refractivity contribution in [3.05, 3.63) is 0 Å². The number of urea groups is 1. The smallest absolute Gasteiger partial charge is 0.352 e. The number of hydrogen-bond donors (Lipinski definition) is 2. The first-order valence-corrected chi connectivity index (χ1v) is 10.8. The van der Waals surface area contributed by atoms with Gasteiger partial charge in [-0.25, -0.2) is 4.79 Å². The van der Waals surface area contributed by atoms with Crippen LogP contribution in [-0.2, 0) is 9.59 Å². The fourth-order valence-electron chi connectivity index (χ4n) is 5.17. The van der Waals surface area contributed by atoms with Crippen LogP contribution in [0.5, 0.6) is 0 Å². The van der Waals surface area contributed by atoms with Gasteiger partial charge in [-0.1, -0.05) is 27.2 Å². The van der Waals surface area contributed by atoms with E-state index in [1.54, 1.807) is 0 Å². The van der Waals surface area contributed by atoms with Gasteiger partial charge in [-0.15, -0.1) is 0 Å². The molecular weight excluding hydrogens is 399 g/mol. The van der Waals surface area contributed by atoms with E-state index in [4.69, 9.17) is 0 Å². The molecule has 1 spiro atoms. The van der Waals surface area contributed by atoms with Crippen molar-refractivity contribution < 1.29 is 27.6 Å². The fourth-order valence-corrected chi connectivity index (χ4v) is 5.17. The van der Waals surface area contributed by atoms with E-state index < -0.39 is 48.1 Å². The van der Waals surface area contributed by atoms with Crippen molar-refractivity contribution in [2.45, 2.75) is 89.9 Å². The molecule has 2 aliphatic carbocycles. The number of nitrogens with zero attached hydrogens (tertiary/aromatic N) is 1. The SMILES string of the molecule is CC(C)(C)C1CCC2(CC1)NC(=O)N(CC(=O)NC1CCCC(C(F)(F)F)C1)C2=O. The molecule has 3 aliphatic rings. The maximum Gasteiger partial charge on any atom is 0.391 e. The van der Waals surface area contributed by atoms with Crippen LogP contribution in [0.4, 0.5) is 18.0 Å². The summed E-state index contributed by atoms with van der Waals surface area (Å²) in [5, 5.41) is 5.38. The van der Waals surface area contributed by atoms with Gasteiger partial charge in [0.25, 0.3) is 5.91 Å². The summed E-state index contributed by atoms with van der Waals surface area (Å²) >= 11 is 0. The van der Waals surface area contributed by atoms with Crippen LogP contribution in [0.15, 0.2) is 0 Å². The van der Waals surface area contributed by atoms with Gasteiger partial charge in [-0.05, 0) is 56.3 Å². The highest BCUT2D eigenvalue weighted by Crippen LogP contribution is 2.43. The van der Waals surface area contributed by atoms with Crippen molar-refractivity contribution in [3.8, 4) is 0 Å². The number of amides is 4. The molecule has 4 amide bonds. The second-order valence-electron chi connectivity index (χ2n) is 10.2. The number of rotatable bonds is 3. The van der Waals surface area contributed by atoms with Crippen molar-refractivity contribution in [2.24, 2.45) is 17.3 Å². The van der Waals surface area contributed by atoms with Crippen molar-refractivity contribution in [1.82, 2.24) is 15.5 Å². The Kier molecular flexibility index (Phi) is 6.13. The summed E-state index contributed by atoms with van der Waals surface area (Å²) in [5.41, 5.74) is -0.827. The van der Waals surface area contributed by atoms with E-state index in [1.165, 1.54) is 0 Å². The quantitative estimate of drug-likeness (QED) is 0.668. The minimum Gasteiger partial charge on any atom is -0.352 e. The Hall–Kier alpha value is -1.80. The van der Waals surface area contributed by atoms with Crippen molar-refractivity contribution in [2.75, 3.05) is 6.54 Å². The summed E-state index contributed by atoms with van der Waals surface area (Å²) in [6.07, 6.45) is -0.804. The normalized spacial score (nSPS) is 33.0. The number of nitrogens with one attached hydrogen (secondary N) is 2. The third kappa shape index (κ3) is 4.75. The van der Waals surface area contributed by atoms with Crippen molar-refractivity contribution >= 4 is 17.8 Å². The van der Waals surface area contributed by atoms with Crippen LogP contribution in [-0.4, -0.2) is 47.0 Å². The van der Waals surface area contributed by atoms with Gasteiger partial charge in [0.2, 0.25) is 5.91 Å². The van der Waals surface area contributed by atoms with E-state index in [1.807, 2.05) is 0 Å². The number of imide groups is 1. The lowest BCUT2D eigenvalue weighted by molar-refractivity contribution is -0.184. The maximum atomic E-state index is 13.0. The maximum absolute atomic E-state index is 13.0. The van der Waals surface area contributed by atoms with Gasteiger partial charge < -0.3 is 10.6 Å². The molecule has 1 heterocycles. The largest absolute Gasteiger partial charge is 0.391 e. The standard InChI is InChI=1S/C21H32F3N3O3/c1-19(2,3)13-7-9-20(10-8-13)17(29)27(18(30)26-20)12-16(28)25-15-6-4-5-14(11-15)21(22,23)24/h13-15H,4-12H2,1-3H3,(H,25,28)(H,26,30). The van der Waals surface area contributed by atoms with Crippen LogP contribution in [0.1, 0.15) is 72.1 Å². The molecule has 9 heteroatoms. The molecule has 0 bridgehead atoms. The van der Waals surface area contributed by atoms with Gasteiger partial charge in [0.05, 0.1) is 5.92 Å². The minimum absolute atomic E-state index is 0.0704. The molecule has 0 aromatic heterocycles.